The van der Waals surface area contributed by atoms with Crippen LogP contribution in [0.25, 0.3) is 0 Å². The van der Waals surface area contributed by atoms with Crippen LogP contribution in [0.1, 0.15) is 33.6 Å². The Kier molecular flexibility index (Phi) is 5.92. The summed E-state index contributed by atoms with van der Waals surface area (Å²) in [6.07, 6.45) is 2.64. The number of hydrogen-bond donors (Lipinski definition) is 1. The van der Waals surface area contributed by atoms with Gasteiger partial charge in [0, 0.05) is 18.6 Å². The average molecular weight is 242 g/mol. The molecular formula is C13H26N2O2. The van der Waals surface area contributed by atoms with Gasteiger partial charge in [0.25, 0.3) is 0 Å². The minimum absolute atomic E-state index is 0.0963. The molecule has 1 heterocycles. The number of rotatable bonds is 6. The molecule has 1 aliphatic rings. The van der Waals surface area contributed by atoms with Crippen molar-refractivity contribution in [2.75, 3.05) is 26.7 Å². The molecule has 0 bridgehead atoms. The van der Waals surface area contributed by atoms with Crippen LogP contribution >= 0.6 is 0 Å². The Morgan fingerprint density at radius 3 is 2.41 bits per heavy atom. The van der Waals surface area contributed by atoms with Crippen LogP contribution < -0.4 is 5.32 Å². The fourth-order valence-corrected chi connectivity index (χ4v) is 2.39. The Bertz CT molecular complexity index is 240. The molecule has 4 heteroatoms. The molecule has 0 aliphatic carbocycles. The van der Waals surface area contributed by atoms with Gasteiger partial charge < -0.3 is 15.0 Å². The van der Waals surface area contributed by atoms with Crippen LogP contribution in [0, 0.1) is 5.92 Å². The van der Waals surface area contributed by atoms with Gasteiger partial charge in [0.1, 0.15) is 0 Å². The second kappa shape index (κ2) is 6.97. The van der Waals surface area contributed by atoms with Crippen LogP contribution in [0.5, 0.6) is 0 Å². The number of carbonyl (C=O) groups is 1. The van der Waals surface area contributed by atoms with Crippen LogP contribution in [0.4, 0.5) is 0 Å². The minimum Gasteiger partial charge on any atom is -0.469 e. The smallest absolute Gasteiger partial charge is 0.309 e. The summed E-state index contributed by atoms with van der Waals surface area (Å²) in [6.45, 7) is 9.63. The van der Waals surface area contributed by atoms with E-state index in [0.29, 0.717) is 6.04 Å². The van der Waals surface area contributed by atoms with Gasteiger partial charge >= 0.3 is 5.97 Å². The first-order valence-corrected chi connectivity index (χ1v) is 6.60. The maximum atomic E-state index is 11.4. The van der Waals surface area contributed by atoms with Crippen LogP contribution in [0.2, 0.25) is 0 Å². The van der Waals surface area contributed by atoms with Crippen LogP contribution in [-0.2, 0) is 9.53 Å². The van der Waals surface area contributed by atoms with E-state index in [4.69, 9.17) is 4.74 Å². The van der Waals surface area contributed by atoms with Crippen molar-refractivity contribution in [2.24, 2.45) is 5.92 Å². The zero-order chi connectivity index (χ0) is 12.8. The molecule has 0 spiro atoms. The topological polar surface area (TPSA) is 41.6 Å². The number of methoxy groups -OCH3 is 1. The quantitative estimate of drug-likeness (QED) is 0.712. The van der Waals surface area contributed by atoms with E-state index in [1.54, 1.807) is 0 Å². The van der Waals surface area contributed by atoms with E-state index in [9.17, 15) is 4.79 Å². The molecule has 0 amide bonds. The van der Waals surface area contributed by atoms with Crippen molar-refractivity contribution in [3.63, 3.8) is 0 Å². The fraction of sp³-hybridized carbons (Fsp3) is 0.923. The summed E-state index contributed by atoms with van der Waals surface area (Å²) in [5.74, 6) is -0.237. The lowest BCUT2D eigenvalue weighted by atomic mass is 10.0. The number of nitrogens with one attached hydrogen (secondary N) is 1. The van der Waals surface area contributed by atoms with E-state index >= 15 is 0 Å². The molecule has 17 heavy (non-hydrogen) atoms. The lowest BCUT2D eigenvalue weighted by Gasteiger charge is -2.26. The van der Waals surface area contributed by atoms with Crippen molar-refractivity contribution in [1.82, 2.24) is 10.2 Å². The molecule has 0 aromatic heterocycles. The molecule has 0 saturated carbocycles. The zero-order valence-electron chi connectivity index (χ0n) is 11.5. The van der Waals surface area contributed by atoms with Crippen molar-refractivity contribution >= 4 is 5.97 Å². The minimum atomic E-state index is -0.140. The van der Waals surface area contributed by atoms with Crippen LogP contribution in [0.15, 0.2) is 0 Å². The molecule has 1 fully saturated rings. The third-order valence-electron chi connectivity index (χ3n) is 3.60. The zero-order valence-corrected chi connectivity index (χ0v) is 11.5. The first kappa shape index (κ1) is 14.5. The third kappa shape index (κ3) is 4.64. The number of likely N-dealkylation sites (tertiary alicyclic amines) is 1. The summed E-state index contributed by atoms with van der Waals surface area (Å²) < 4.78 is 4.76. The number of ether oxygens (including phenoxy) is 1. The molecule has 3 unspecified atom stereocenters. The predicted molar refractivity (Wildman–Crippen MR) is 68.9 cm³/mol. The Balaban J connectivity index is 2.28. The Hall–Kier alpha value is -0.610. The Labute approximate surface area is 105 Å². The summed E-state index contributed by atoms with van der Waals surface area (Å²) >= 11 is 0. The SMILES string of the molecule is COC(=O)C(C)C(C)NC(C)CN1CCCC1. The summed E-state index contributed by atoms with van der Waals surface area (Å²) in [4.78, 5) is 13.9. The van der Waals surface area contributed by atoms with E-state index in [-0.39, 0.29) is 17.9 Å². The number of nitrogens with zero attached hydrogens (tertiary/aromatic N) is 1. The Morgan fingerprint density at radius 2 is 1.88 bits per heavy atom. The summed E-state index contributed by atoms with van der Waals surface area (Å²) in [5, 5.41) is 3.48. The van der Waals surface area contributed by atoms with Crippen molar-refractivity contribution in [2.45, 2.75) is 45.7 Å². The number of hydrogen-bond acceptors (Lipinski definition) is 4. The monoisotopic (exact) mass is 242 g/mol. The normalized spacial score (nSPS) is 22.1. The summed E-state index contributed by atoms with van der Waals surface area (Å²) in [7, 11) is 1.44. The highest BCUT2D eigenvalue weighted by atomic mass is 16.5. The predicted octanol–water partition coefficient (Wildman–Crippen LogP) is 1.26. The maximum absolute atomic E-state index is 11.4. The van der Waals surface area contributed by atoms with Crippen molar-refractivity contribution in [1.29, 1.82) is 0 Å². The van der Waals surface area contributed by atoms with Crippen molar-refractivity contribution < 1.29 is 9.53 Å². The second-order valence-corrected chi connectivity index (χ2v) is 5.18. The highest BCUT2D eigenvalue weighted by Crippen LogP contribution is 2.09. The average Bonchev–Trinajstić information content (AvgIpc) is 2.79. The van der Waals surface area contributed by atoms with Gasteiger partial charge in [0.2, 0.25) is 0 Å². The first-order chi connectivity index (χ1) is 8.04. The molecule has 1 saturated heterocycles. The molecule has 3 atom stereocenters. The molecule has 4 nitrogen and oxygen atoms in total. The fourth-order valence-electron chi connectivity index (χ4n) is 2.39. The van der Waals surface area contributed by atoms with Gasteiger partial charge in [-0.05, 0) is 39.8 Å². The highest BCUT2D eigenvalue weighted by molar-refractivity contribution is 5.72. The van der Waals surface area contributed by atoms with Crippen LogP contribution in [-0.4, -0.2) is 49.7 Å². The van der Waals surface area contributed by atoms with E-state index in [2.05, 4.69) is 17.1 Å². The maximum Gasteiger partial charge on any atom is 0.309 e. The van der Waals surface area contributed by atoms with Gasteiger partial charge in [-0.15, -0.1) is 0 Å². The first-order valence-electron chi connectivity index (χ1n) is 6.60. The molecule has 0 radical (unpaired) electrons. The standard InChI is InChI=1S/C13H26N2O2/c1-10(9-15-7-5-6-8-15)14-12(3)11(2)13(16)17-4/h10-12,14H,5-9H2,1-4H3. The largest absolute Gasteiger partial charge is 0.469 e. The number of esters is 1. The Morgan fingerprint density at radius 1 is 1.29 bits per heavy atom. The second-order valence-electron chi connectivity index (χ2n) is 5.18. The van der Waals surface area contributed by atoms with Gasteiger partial charge in [0.05, 0.1) is 13.0 Å². The number of carbonyl (C=O) groups excluding carboxylic acids is 1. The lowest BCUT2D eigenvalue weighted by molar-refractivity contribution is -0.145. The molecule has 1 rings (SSSR count). The summed E-state index contributed by atoms with van der Waals surface area (Å²) in [6, 6.07) is 0.565. The van der Waals surface area contributed by atoms with E-state index in [1.165, 1.54) is 33.0 Å². The van der Waals surface area contributed by atoms with Crippen molar-refractivity contribution in [3.05, 3.63) is 0 Å². The van der Waals surface area contributed by atoms with Crippen LogP contribution in [0.3, 0.4) is 0 Å². The van der Waals surface area contributed by atoms with Gasteiger partial charge in [-0.1, -0.05) is 6.92 Å². The van der Waals surface area contributed by atoms with Gasteiger partial charge in [-0.3, -0.25) is 4.79 Å². The van der Waals surface area contributed by atoms with Gasteiger partial charge in [0.15, 0.2) is 0 Å². The molecule has 100 valence electrons. The van der Waals surface area contributed by atoms with E-state index < -0.39 is 0 Å². The van der Waals surface area contributed by atoms with Gasteiger partial charge in [-0.25, -0.2) is 0 Å². The molecule has 0 aromatic rings. The molecular weight excluding hydrogens is 216 g/mol. The van der Waals surface area contributed by atoms with E-state index in [1.807, 2.05) is 13.8 Å². The summed E-state index contributed by atoms with van der Waals surface area (Å²) in [5.41, 5.74) is 0. The van der Waals surface area contributed by atoms with Gasteiger partial charge in [-0.2, -0.15) is 0 Å². The van der Waals surface area contributed by atoms with Crippen molar-refractivity contribution in [3.8, 4) is 0 Å². The molecule has 1 aliphatic heterocycles. The third-order valence-corrected chi connectivity index (χ3v) is 3.60. The van der Waals surface area contributed by atoms with E-state index in [0.717, 1.165) is 6.54 Å². The molecule has 1 N–H and O–H groups in total. The molecule has 0 aromatic carbocycles. The highest BCUT2D eigenvalue weighted by Gasteiger charge is 2.23. The lowest BCUT2D eigenvalue weighted by Crippen LogP contribution is -2.46.